The fourth-order valence-electron chi connectivity index (χ4n) is 5.06. The molecule has 0 aromatic heterocycles. The predicted octanol–water partition coefficient (Wildman–Crippen LogP) is 3.62. The molecule has 1 saturated heterocycles. The third-order valence-corrected chi connectivity index (χ3v) is 7.51. The zero-order valence-corrected chi connectivity index (χ0v) is 24.0. The van der Waals surface area contributed by atoms with Gasteiger partial charge in [-0.1, -0.05) is 30.3 Å². The molecular weight excluding hydrogens is 534 g/mol. The van der Waals surface area contributed by atoms with Crippen molar-refractivity contribution in [3.8, 4) is 0 Å². The number of anilines is 2. The number of methoxy groups -OCH3 is 1. The van der Waals surface area contributed by atoms with Crippen molar-refractivity contribution in [3.63, 3.8) is 0 Å². The third kappa shape index (κ3) is 6.52. The number of nitrogens with zero attached hydrogens (tertiary/aromatic N) is 2. The van der Waals surface area contributed by atoms with E-state index in [2.05, 4.69) is 33.0 Å². The van der Waals surface area contributed by atoms with Crippen molar-refractivity contribution in [1.82, 2.24) is 15.3 Å². The van der Waals surface area contributed by atoms with Crippen LogP contribution >= 0.6 is 0 Å². The van der Waals surface area contributed by atoms with Crippen molar-refractivity contribution < 1.29 is 24.0 Å². The van der Waals surface area contributed by atoms with Gasteiger partial charge in [0.25, 0.3) is 11.8 Å². The number of carbonyl (C=O) groups excluding carboxylic acids is 3. The molecule has 0 saturated carbocycles. The van der Waals surface area contributed by atoms with E-state index >= 15 is 0 Å². The van der Waals surface area contributed by atoms with E-state index in [9.17, 15) is 14.4 Å². The van der Waals surface area contributed by atoms with Crippen LogP contribution in [0.1, 0.15) is 37.4 Å². The topological polar surface area (TPSA) is 112 Å². The molecule has 0 unspecified atom stereocenters. The lowest BCUT2D eigenvalue weighted by atomic mass is 9.96. The lowest BCUT2D eigenvalue weighted by Gasteiger charge is -2.32. The molecule has 2 amide bonds. The van der Waals surface area contributed by atoms with Gasteiger partial charge in [-0.15, -0.1) is 0 Å². The van der Waals surface area contributed by atoms with Crippen molar-refractivity contribution in [2.75, 3.05) is 64.1 Å². The van der Waals surface area contributed by atoms with Crippen molar-refractivity contribution in [2.45, 2.75) is 6.92 Å². The molecule has 218 valence electrons. The molecule has 0 aliphatic carbocycles. The van der Waals surface area contributed by atoms with Gasteiger partial charge in [0.15, 0.2) is 0 Å². The van der Waals surface area contributed by atoms with Gasteiger partial charge in [0.2, 0.25) is 0 Å². The summed E-state index contributed by atoms with van der Waals surface area (Å²) in [5, 5.41) is 6.27. The van der Waals surface area contributed by atoms with E-state index in [0.717, 1.165) is 38.3 Å². The smallest absolute Gasteiger partial charge is 0.338 e. The number of hydrogen-bond acceptors (Lipinski definition) is 8. The second kappa shape index (κ2) is 13.0. The molecule has 2 aliphatic rings. The normalized spacial score (nSPS) is 16.4. The van der Waals surface area contributed by atoms with Gasteiger partial charge in [-0.2, -0.15) is 0 Å². The summed E-state index contributed by atoms with van der Waals surface area (Å²) in [5.41, 5.74) is 7.83. The van der Waals surface area contributed by atoms with Crippen LogP contribution in [0.25, 0.3) is 11.3 Å². The number of hydroxylamine groups is 1. The molecule has 10 nitrogen and oxygen atoms in total. The van der Waals surface area contributed by atoms with Crippen LogP contribution in [0.3, 0.4) is 0 Å². The van der Waals surface area contributed by atoms with Crippen LogP contribution in [0.5, 0.6) is 0 Å². The Morgan fingerprint density at radius 2 is 1.67 bits per heavy atom. The molecular formula is C32H35N5O5. The zero-order valence-electron chi connectivity index (χ0n) is 24.0. The van der Waals surface area contributed by atoms with E-state index in [0.29, 0.717) is 51.5 Å². The Bertz CT molecular complexity index is 1500. The maximum Gasteiger partial charge on any atom is 0.338 e. The number of nitrogens with one attached hydrogen (secondary N) is 3. The Morgan fingerprint density at radius 1 is 0.952 bits per heavy atom. The minimum Gasteiger partial charge on any atom is -0.465 e. The van der Waals surface area contributed by atoms with Crippen LogP contribution in [-0.2, 0) is 14.4 Å². The first-order valence-electron chi connectivity index (χ1n) is 13.9. The van der Waals surface area contributed by atoms with Crippen LogP contribution in [0.2, 0.25) is 0 Å². The summed E-state index contributed by atoms with van der Waals surface area (Å²) in [6, 6.07) is 19.9. The van der Waals surface area contributed by atoms with Crippen LogP contribution in [-0.4, -0.2) is 81.1 Å². The van der Waals surface area contributed by atoms with Crippen molar-refractivity contribution in [1.29, 1.82) is 0 Å². The maximum atomic E-state index is 13.3. The number of benzene rings is 3. The van der Waals surface area contributed by atoms with Gasteiger partial charge in [0.1, 0.15) is 0 Å². The first kappa shape index (κ1) is 29.0. The average molecular weight is 570 g/mol. The molecule has 3 aromatic carbocycles. The summed E-state index contributed by atoms with van der Waals surface area (Å²) in [5.74, 6) is -1.09. The molecule has 5 rings (SSSR count). The molecule has 0 bridgehead atoms. The fraction of sp³-hybridized carbons (Fsp3) is 0.281. The van der Waals surface area contributed by atoms with E-state index in [1.54, 1.807) is 30.3 Å². The number of fused-ring (bicyclic) bond motifs is 1. The highest BCUT2D eigenvalue weighted by atomic mass is 16.7. The van der Waals surface area contributed by atoms with E-state index in [1.165, 1.54) is 7.11 Å². The number of ether oxygens (including phenoxy) is 1. The molecule has 42 heavy (non-hydrogen) atoms. The molecule has 0 spiro atoms. The van der Waals surface area contributed by atoms with Gasteiger partial charge in [-0.3, -0.25) is 19.3 Å². The first-order valence-corrected chi connectivity index (χ1v) is 13.9. The van der Waals surface area contributed by atoms with Crippen LogP contribution in [0, 0.1) is 6.92 Å². The second-order valence-electron chi connectivity index (χ2n) is 10.4. The lowest BCUT2D eigenvalue weighted by molar-refractivity contribution is -0.110. The van der Waals surface area contributed by atoms with Gasteiger partial charge in [0.05, 0.1) is 36.2 Å². The summed E-state index contributed by atoms with van der Waals surface area (Å²) < 4.78 is 4.89. The highest BCUT2D eigenvalue weighted by molar-refractivity contribution is 6.37. The highest BCUT2D eigenvalue weighted by Gasteiger charge is 2.30. The van der Waals surface area contributed by atoms with Gasteiger partial charge < -0.3 is 20.3 Å². The summed E-state index contributed by atoms with van der Waals surface area (Å²) in [7, 11) is 3.44. The van der Waals surface area contributed by atoms with Crippen molar-refractivity contribution >= 4 is 40.4 Å². The van der Waals surface area contributed by atoms with Gasteiger partial charge >= 0.3 is 5.97 Å². The molecule has 10 heteroatoms. The quantitative estimate of drug-likeness (QED) is 0.155. The molecule has 2 aliphatic heterocycles. The van der Waals surface area contributed by atoms with Crippen LogP contribution in [0.4, 0.5) is 11.4 Å². The number of likely N-dealkylation sites (N-methyl/N-ethyl adjacent to an activating group) is 1. The van der Waals surface area contributed by atoms with Crippen LogP contribution < -0.4 is 16.1 Å². The summed E-state index contributed by atoms with van der Waals surface area (Å²) in [4.78, 5) is 48.2. The summed E-state index contributed by atoms with van der Waals surface area (Å²) in [6.07, 6.45) is 0. The van der Waals surface area contributed by atoms with Gasteiger partial charge in [-0.25, -0.2) is 10.3 Å². The van der Waals surface area contributed by atoms with Crippen molar-refractivity contribution in [3.05, 3.63) is 94.5 Å². The average Bonchev–Trinajstić information content (AvgIpc) is 3.32. The number of aryl methyl sites for hydroxylation is 1. The molecule has 0 radical (unpaired) electrons. The monoisotopic (exact) mass is 569 g/mol. The molecule has 0 atom stereocenters. The van der Waals surface area contributed by atoms with E-state index in [4.69, 9.17) is 9.57 Å². The minimum atomic E-state index is -0.465. The van der Waals surface area contributed by atoms with E-state index in [1.807, 2.05) is 43.3 Å². The number of esters is 1. The van der Waals surface area contributed by atoms with Crippen LogP contribution in [0.15, 0.2) is 66.7 Å². The number of hydrogen-bond donors (Lipinski definition) is 3. The fourth-order valence-corrected chi connectivity index (χ4v) is 5.06. The Labute approximate surface area is 245 Å². The predicted molar refractivity (Wildman–Crippen MR) is 162 cm³/mol. The second-order valence-corrected chi connectivity index (χ2v) is 10.4. The maximum absolute atomic E-state index is 13.3. The summed E-state index contributed by atoms with van der Waals surface area (Å²) in [6.45, 7) is 7.02. The Morgan fingerprint density at radius 3 is 2.36 bits per heavy atom. The Hall–Kier alpha value is -4.51. The lowest BCUT2D eigenvalue weighted by Crippen LogP contribution is -2.45. The highest BCUT2D eigenvalue weighted by Crippen LogP contribution is 2.39. The summed E-state index contributed by atoms with van der Waals surface area (Å²) >= 11 is 0. The first-order chi connectivity index (χ1) is 20.3. The van der Waals surface area contributed by atoms with E-state index < -0.39 is 5.97 Å². The van der Waals surface area contributed by atoms with Crippen molar-refractivity contribution in [2.24, 2.45) is 0 Å². The minimum absolute atomic E-state index is 0.289. The molecule has 3 N–H and O–H groups in total. The third-order valence-electron chi connectivity index (χ3n) is 7.51. The Kier molecular flexibility index (Phi) is 8.97. The molecule has 1 fully saturated rings. The zero-order chi connectivity index (χ0) is 29.6. The molecule has 3 aromatic rings. The number of rotatable bonds is 9. The van der Waals surface area contributed by atoms with Gasteiger partial charge in [0, 0.05) is 49.5 Å². The largest absolute Gasteiger partial charge is 0.465 e. The standard InChI is InChI=1S/C32H35N5O5/c1-21-19-26-27(20-25(21)32(40)41-3)34-31(39)28(26)29(22-7-5-4-6-8-22)33-24-11-9-23(10-12-24)30(38)35-42-18-17-37-15-13-36(2)14-16-37/h4-12,19-20,33H,13-18H2,1-3H3,(H,34,39)(H,35,38)/b29-28+. The van der Waals surface area contributed by atoms with E-state index in [-0.39, 0.29) is 11.8 Å². The Balaban J connectivity index is 1.32. The number of amides is 2. The number of carbonyl (C=O) groups is 3. The molecule has 2 heterocycles. The number of piperazine rings is 1. The van der Waals surface area contributed by atoms with Gasteiger partial charge in [-0.05, 0) is 61.5 Å². The SMILES string of the molecule is COC(=O)c1cc2c(cc1C)/C(=C(\Nc1ccc(C(=O)NOCCN3CCN(C)CC3)cc1)c1ccccc1)C(=O)N2.